The van der Waals surface area contributed by atoms with Gasteiger partial charge in [-0.2, -0.15) is 0 Å². The lowest BCUT2D eigenvalue weighted by molar-refractivity contribution is 1.49. The van der Waals surface area contributed by atoms with Crippen LogP contribution in [0.1, 0.15) is 39.7 Å². The number of rotatable bonds is 2. The average molecular weight is 217 g/mol. The summed E-state index contributed by atoms with van der Waals surface area (Å²) in [7, 11) is 0. The number of nitrogen functional groups attached to an aromatic ring is 1. The fraction of sp³-hybridized carbons (Fsp3) is 0.333. The van der Waals surface area contributed by atoms with Crippen LogP contribution in [0.15, 0.2) is 30.3 Å². The minimum atomic E-state index is 0.647. The van der Waals surface area contributed by atoms with E-state index in [1.807, 2.05) is 64.1 Å². The summed E-state index contributed by atoms with van der Waals surface area (Å²) in [5.41, 5.74) is 7.50. The van der Waals surface area contributed by atoms with E-state index in [1.54, 1.807) is 0 Å². The van der Waals surface area contributed by atoms with E-state index >= 15 is 0 Å². The van der Waals surface area contributed by atoms with Crippen LogP contribution >= 0.6 is 0 Å². The maximum Gasteiger partial charge on any atom is 0.0387 e. The highest BCUT2D eigenvalue weighted by molar-refractivity contribution is 5.64. The van der Waals surface area contributed by atoms with Gasteiger partial charge in [0.1, 0.15) is 0 Å². The molecule has 0 saturated carbocycles. The Morgan fingerprint density at radius 2 is 1.75 bits per heavy atom. The van der Waals surface area contributed by atoms with Crippen molar-refractivity contribution in [2.45, 2.75) is 34.1 Å². The maximum absolute atomic E-state index is 5.70. The number of terminal acetylenes is 1. The van der Waals surface area contributed by atoms with E-state index < -0.39 is 0 Å². The van der Waals surface area contributed by atoms with E-state index in [-0.39, 0.29) is 0 Å². The Morgan fingerprint density at radius 1 is 1.19 bits per heavy atom. The Morgan fingerprint density at radius 3 is 2.25 bits per heavy atom. The first kappa shape index (κ1) is 16.7. The molecule has 0 unspecified atom stereocenters. The van der Waals surface area contributed by atoms with Crippen molar-refractivity contribution in [2.75, 3.05) is 5.73 Å². The summed E-state index contributed by atoms with van der Waals surface area (Å²) in [5, 5.41) is 0. The van der Waals surface area contributed by atoms with Crippen LogP contribution in [0.25, 0.3) is 6.08 Å². The first-order chi connectivity index (χ1) is 7.84. The molecule has 0 radical (unpaired) electrons. The third-order valence-corrected chi connectivity index (χ3v) is 1.53. The summed E-state index contributed by atoms with van der Waals surface area (Å²) in [5.74, 6) is 2.53. The molecule has 0 aromatic heterocycles. The molecule has 1 aromatic rings. The fourth-order valence-electron chi connectivity index (χ4n) is 0.917. The number of hydrogen-bond donors (Lipinski definition) is 1. The number of anilines is 1. The number of para-hydroxylation sites is 1. The highest BCUT2D eigenvalue weighted by atomic mass is 14.5. The van der Waals surface area contributed by atoms with E-state index in [1.165, 1.54) is 0 Å². The number of nitrogens with two attached hydrogens (primary N) is 1. The molecular weight excluding hydrogens is 194 g/mol. The zero-order chi connectivity index (χ0) is 12.8. The molecule has 0 atom stereocenters. The van der Waals surface area contributed by atoms with E-state index in [4.69, 9.17) is 12.2 Å². The third kappa shape index (κ3) is 7.70. The topological polar surface area (TPSA) is 26.0 Å². The summed E-state index contributed by atoms with van der Waals surface area (Å²) in [6, 6.07) is 7.69. The molecule has 0 amide bonds. The van der Waals surface area contributed by atoms with Gasteiger partial charge in [0.2, 0.25) is 0 Å². The Kier molecular flexibility index (Phi) is 13.9. The van der Waals surface area contributed by atoms with Gasteiger partial charge in [-0.25, -0.2) is 0 Å². The Balaban J connectivity index is 0. The highest BCUT2D eigenvalue weighted by Gasteiger charge is 1.89. The maximum atomic E-state index is 5.70. The van der Waals surface area contributed by atoms with Crippen LogP contribution in [0.2, 0.25) is 0 Å². The zero-order valence-corrected chi connectivity index (χ0v) is 10.8. The predicted molar refractivity (Wildman–Crippen MR) is 76.0 cm³/mol. The van der Waals surface area contributed by atoms with Gasteiger partial charge in [0, 0.05) is 12.1 Å². The standard InChI is InChI=1S/C11H11N.2C2H6/c1-2-3-4-7-10-8-5-6-9-11(10)12;2*1-2/h1,4-9H,3,12H2;2*1-2H3/b7-4+;;. The van der Waals surface area contributed by atoms with Crippen LogP contribution in [0.5, 0.6) is 0 Å². The first-order valence-electron chi connectivity index (χ1n) is 5.79. The summed E-state index contributed by atoms with van der Waals surface area (Å²) in [6.07, 6.45) is 9.61. The van der Waals surface area contributed by atoms with Crippen molar-refractivity contribution in [3.05, 3.63) is 35.9 Å². The molecule has 0 saturated heterocycles. The SMILES string of the molecule is C#CC/C=C/c1ccccc1N.CC.CC. The molecule has 0 aliphatic heterocycles. The molecule has 16 heavy (non-hydrogen) atoms. The molecule has 1 heteroatoms. The smallest absolute Gasteiger partial charge is 0.0387 e. The molecule has 0 aliphatic carbocycles. The van der Waals surface area contributed by atoms with E-state index in [2.05, 4.69) is 5.92 Å². The third-order valence-electron chi connectivity index (χ3n) is 1.53. The van der Waals surface area contributed by atoms with Crippen molar-refractivity contribution >= 4 is 11.8 Å². The van der Waals surface area contributed by atoms with E-state index in [9.17, 15) is 0 Å². The molecule has 0 heterocycles. The second-order valence-corrected chi connectivity index (χ2v) is 2.44. The Bertz CT molecular complexity index is 318. The van der Waals surface area contributed by atoms with Gasteiger partial charge in [0.15, 0.2) is 0 Å². The number of hydrogen-bond acceptors (Lipinski definition) is 1. The Labute approximate surface area is 100 Å². The first-order valence-corrected chi connectivity index (χ1v) is 5.79. The van der Waals surface area contributed by atoms with E-state index in [0.717, 1.165) is 11.3 Å². The van der Waals surface area contributed by atoms with Crippen molar-refractivity contribution in [3.8, 4) is 12.3 Å². The van der Waals surface area contributed by atoms with Crippen LogP contribution in [0.4, 0.5) is 5.69 Å². The van der Waals surface area contributed by atoms with Crippen molar-refractivity contribution in [2.24, 2.45) is 0 Å². The van der Waals surface area contributed by atoms with Crippen LogP contribution in [-0.2, 0) is 0 Å². The molecular formula is C15H23N. The van der Waals surface area contributed by atoms with Crippen molar-refractivity contribution in [3.63, 3.8) is 0 Å². The molecule has 1 nitrogen and oxygen atoms in total. The quantitative estimate of drug-likeness (QED) is 0.578. The van der Waals surface area contributed by atoms with Crippen molar-refractivity contribution < 1.29 is 0 Å². The molecule has 0 aliphatic rings. The van der Waals surface area contributed by atoms with Gasteiger partial charge in [-0.3, -0.25) is 0 Å². The highest BCUT2D eigenvalue weighted by Crippen LogP contribution is 2.11. The number of benzene rings is 1. The second-order valence-electron chi connectivity index (χ2n) is 2.44. The molecule has 1 aromatic carbocycles. The van der Waals surface area contributed by atoms with E-state index in [0.29, 0.717) is 6.42 Å². The van der Waals surface area contributed by atoms with Gasteiger partial charge >= 0.3 is 0 Å². The second kappa shape index (κ2) is 13.3. The van der Waals surface area contributed by atoms with Gasteiger partial charge in [0.05, 0.1) is 0 Å². The molecule has 2 N–H and O–H groups in total. The lowest BCUT2D eigenvalue weighted by Crippen LogP contribution is -1.86. The van der Waals surface area contributed by atoms with Gasteiger partial charge in [0.25, 0.3) is 0 Å². The Hall–Kier alpha value is -1.68. The van der Waals surface area contributed by atoms with Gasteiger partial charge in [-0.1, -0.05) is 58.0 Å². The van der Waals surface area contributed by atoms with Gasteiger partial charge in [-0.05, 0) is 11.6 Å². The van der Waals surface area contributed by atoms with Crippen LogP contribution in [0.3, 0.4) is 0 Å². The van der Waals surface area contributed by atoms with Crippen molar-refractivity contribution in [1.82, 2.24) is 0 Å². The molecule has 0 fully saturated rings. The average Bonchev–Trinajstić information content (AvgIpc) is 2.37. The van der Waals surface area contributed by atoms with Gasteiger partial charge in [-0.15, -0.1) is 12.3 Å². The molecule has 0 spiro atoms. The van der Waals surface area contributed by atoms with Crippen molar-refractivity contribution in [1.29, 1.82) is 0 Å². The number of allylic oxidation sites excluding steroid dienone is 1. The minimum Gasteiger partial charge on any atom is -0.398 e. The summed E-state index contributed by atoms with van der Waals surface area (Å²) >= 11 is 0. The summed E-state index contributed by atoms with van der Waals surface area (Å²) in [6.45, 7) is 8.00. The molecule has 1 rings (SSSR count). The lowest BCUT2D eigenvalue weighted by atomic mass is 10.1. The summed E-state index contributed by atoms with van der Waals surface area (Å²) < 4.78 is 0. The summed E-state index contributed by atoms with van der Waals surface area (Å²) in [4.78, 5) is 0. The van der Waals surface area contributed by atoms with Crippen LogP contribution in [0, 0.1) is 12.3 Å². The van der Waals surface area contributed by atoms with Crippen LogP contribution < -0.4 is 5.73 Å². The minimum absolute atomic E-state index is 0.647. The predicted octanol–water partition coefficient (Wildman–Crippen LogP) is 4.36. The van der Waals surface area contributed by atoms with Gasteiger partial charge < -0.3 is 5.73 Å². The normalized spacial score (nSPS) is 8.19. The lowest BCUT2D eigenvalue weighted by Gasteiger charge is -1.96. The fourth-order valence-corrected chi connectivity index (χ4v) is 0.917. The zero-order valence-electron chi connectivity index (χ0n) is 10.8. The molecule has 88 valence electrons. The van der Waals surface area contributed by atoms with Crippen LogP contribution in [-0.4, -0.2) is 0 Å². The largest absolute Gasteiger partial charge is 0.398 e. The monoisotopic (exact) mass is 217 g/mol. The molecule has 0 bridgehead atoms.